The van der Waals surface area contributed by atoms with Crippen LogP contribution in [-0.2, 0) is 0 Å². The number of halogens is 1. The van der Waals surface area contributed by atoms with E-state index in [1.807, 2.05) is 12.1 Å². The molecule has 1 atom stereocenters. The molecular weight excluding hydrogens is 295 g/mol. The Bertz CT molecular complexity index is 475. The van der Waals surface area contributed by atoms with Gasteiger partial charge in [-0.2, -0.15) is 0 Å². The molecule has 2 fully saturated rings. The van der Waals surface area contributed by atoms with E-state index in [2.05, 4.69) is 13.8 Å². The highest BCUT2D eigenvalue weighted by Crippen LogP contribution is 2.42. The maximum Gasteiger partial charge on any atom is 0.123 e. The molecule has 0 aromatic heterocycles. The Hall–Kier alpha value is -0.850. The van der Waals surface area contributed by atoms with Crippen LogP contribution in [0.4, 0.5) is 4.39 Å². The van der Waals surface area contributed by atoms with Crippen molar-refractivity contribution in [2.75, 3.05) is 0 Å². The van der Waals surface area contributed by atoms with Crippen molar-refractivity contribution in [2.24, 2.45) is 23.7 Å². The lowest BCUT2D eigenvalue weighted by Gasteiger charge is -2.35. The number of benzene rings is 1. The van der Waals surface area contributed by atoms with Gasteiger partial charge >= 0.3 is 0 Å². The first kappa shape index (κ1) is 18.0. The van der Waals surface area contributed by atoms with Crippen LogP contribution in [0.3, 0.4) is 0 Å². The molecule has 0 bridgehead atoms. The quantitative estimate of drug-likeness (QED) is 0.529. The molecular formula is C23H35F. The first-order valence-corrected chi connectivity index (χ1v) is 10.4. The molecule has 3 rings (SSSR count). The number of hydrogen-bond acceptors (Lipinski definition) is 0. The molecule has 1 unspecified atom stereocenters. The third-order valence-electron chi connectivity index (χ3n) is 7.17. The van der Waals surface area contributed by atoms with Crippen LogP contribution in [0.5, 0.6) is 0 Å². The largest absolute Gasteiger partial charge is 0.207 e. The highest BCUT2D eigenvalue weighted by Gasteiger charge is 2.28. The van der Waals surface area contributed by atoms with Crippen LogP contribution in [0.15, 0.2) is 24.3 Å². The molecule has 0 aliphatic heterocycles. The third kappa shape index (κ3) is 4.61. The first-order chi connectivity index (χ1) is 11.7. The minimum atomic E-state index is -0.112. The normalized spacial score (nSPS) is 32.5. The van der Waals surface area contributed by atoms with Gasteiger partial charge in [-0.05, 0) is 92.2 Å². The van der Waals surface area contributed by atoms with Crippen molar-refractivity contribution >= 4 is 0 Å². The molecule has 2 saturated carbocycles. The van der Waals surface area contributed by atoms with Gasteiger partial charge in [0.2, 0.25) is 0 Å². The average Bonchev–Trinajstić information content (AvgIpc) is 2.63. The topological polar surface area (TPSA) is 0 Å². The second kappa shape index (κ2) is 8.50. The lowest BCUT2D eigenvalue weighted by atomic mass is 9.70. The van der Waals surface area contributed by atoms with E-state index in [1.54, 1.807) is 12.1 Å². The third-order valence-corrected chi connectivity index (χ3v) is 7.17. The van der Waals surface area contributed by atoms with Gasteiger partial charge in [-0.25, -0.2) is 4.39 Å². The summed E-state index contributed by atoms with van der Waals surface area (Å²) in [5.74, 6) is 4.40. The van der Waals surface area contributed by atoms with Gasteiger partial charge in [0.1, 0.15) is 5.82 Å². The predicted molar refractivity (Wildman–Crippen MR) is 101 cm³/mol. The molecule has 24 heavy (non-hydrogen) atoms. The number of rotatable bonds is 5. The van der Waals surface area contributed by atoms with E-state index in [-0.39, 0.29) is 5.82 Å². The van der Waals surface area contributed by atoms with Gasteiger partial charge in [0.15, 0.2) is 0 Å². The average molecular weight is 331 g/mol. The van der Waals surface area contributed by atoms with E-state index >= 15 is 0 Å². The SMILES string of the molecule is CCC1CCC(C(C)CC2CCC(c3ccc(F)cc3)CC2)CC1. The highest BCUT2D eigenvalue weighted by atomic mass is 19.1. The molecule has 0 radical (unpaired) electrons. The van der Waals surface area contributed by atoms with Crippen molar-refractivity contribution < 1.29 is 4.39 Å². The summed E-state index contributed by atoms with van der Waals surface area (Å²) in [4.78, 5) is 0. The van der Waals surface area contributed by atoms with Crippen LogP contribution in [0.2, 0.25) is 0 Å². The summed E-state index contributed by atoms with van der Waals surface area (Å²) in [6, 6.07) is 7.23. The van der Waals surface area contributed by atoms with Crippen molar-refractivity contribution in [3.8, 4) is 0 Å². The summed E-state index contributed by atoms with van der Waals surface area (Å²) in [7, 11) is 0. The molecule has 134 valence electrons. The second-order valence-corrected chi connectivity index (χ2v) is 8.67. The molecule has 0 spiro atoms. The maximum atomic E-state index is 13.1. The van der Waals surface area contributed by atoms with Gasteiger partial charge in [0.25, 0.3) is 0 Å². The van der Waals surface area contributed by atoms with Crippen LogP contribution in [0.1, 0.15) is 89.5 Å². The fraction of sp³-hybridized carbons (Fsp3) is 0.739. The number of hydrogen-bond donors (Lipinski definition) is 0. The van der Waals surface area contributed by atoms with Crippen molar-refractivity contribution in [2.45, 2.75) is 84.0 Å². The standard InChI is InChI=1S/C23H35F/c1-3-18-4-8-20(9-5-18)17(2)16-19-6-10-21(11-7-19)22-12-14-23(24)15-13-22/h12-15,17-21H,3-11,16H2,1-2H3. The van der Waals surface area contributed by atoms with Gasteiger partial charge in [-0.3, -0.25) is 0 Å². The predicted octanol–water partition coefficient (Wildman–Crippen LogP) is 7.34. The molecule has 1 aromatic rings. The van der Waals surface area contributed by atoms with Crippen molar-refractivity contribution in [3.63, 3.8) is 0 Å². The monoisotopic (exact) mass is 330 g/mol. The van der Waals surface area contributed by atoms with Crippen molar-refractivity contribution in [1.82, 2.24) is 0 Å². The minimum Gasteiger partial charge on any atom is -0.207 e. The van der Waals surface area contributed by atoms with E-state index in [0.29, 0.717) is 5.92 Å². The fourth-order valence-corrected chi connectivity index (χ4v) is 5.35. The zero-order chi connectivity index (χ0) is 16.9. The molecule has 2 aliphatic carbocycles. The zero-order valence-corrected chi connectivity index (χ0v) is 15.6. The van der Waals surface area contributed by atoms with E-state index < -0.39 is 0 Å². The summed E-state index contributed by atoms with van der Waals surface area (Å²) >= 11 is 0. The molecule has 0 nitrogen and oxygen atoms in total. The Morgan fingerprint density at radius 2 is 1.46 bits per heavy atom. The summed E-state index contributed by atoms with van der Waals surface area (Å²) in [5.41, 5.74) is 1.35. The van der Waals surface area contributed by atoms with Crippen LogP contribution in [0.25, 0.3) is 0 Å². The van der Waals surface area contributed by atoms with E-state index in [1.165, 1.54) is 69.8 Å². The lowest BCUT2D eigenvalue weighted by molar-refractivity contribution is 0.172. The van der Waals surface area contributed by atoms with E-state index in [9.17, 15) is 4.39 Å². The molecule has 2 aliphatic rings. The highest BCUT2D eigenvalue weighted by molar-refractivity contribution is 5.20. The Morgan fingerprint density at radius 3 is 2.04 bits per heavy atom. The van der Waals surface area contributed by atoms with Crippen LogP contribution >= 0.6 is 0 Å². The smallest absolute Gasteiger partial charge is 0.123 e. The van der Waals surface area contributed by atoms with Gasteiger partial charge in [0, 0.05) is 0 Å². The Kier molecular flexibility index (Phi) is 6.36. The van der Waals surface area contributed by atoms with Crippen LogP contribution in [0, 0.1) is 29.5 Å². The van der Waals surface area contributed by atoms with Gasteiger partial charge in [-0.15, -0.1) is 0 Å². The Balaban J connectivity index is 1.43. The molecule has 0 saturated heterocycles. The lowest BCUT2D eigenvalue weighted by Crippen LogP contribution is -2.23. The minimum absolute atomic E-state index is 0.112. The summed E-state index contributed by atoms with van der Waals surface area (Å²) in [6.45, 7) is 4.87. The molecule has 0 amide bonds. The Morgan fingerprint density at radius 1 is 0.875 bits per heavy atom. The van der Waals surface area contributed by atoms with Gasteiger partial charge in [-0.1, -0.05) is 45.2 Å². The second-order valence-electron chi connectivity index (χ2n) is 8.67. The van der Waals surface area contributed by atoms with E-state index in [4.69, 9.17) is 0 Å². The van der Waals surface area contributed by atoms with Gasteiger partial charge < -0.3 is 0 Å². The molecule has 0 N–H and O–H groups in total. The molecule has 1 heteroatoms. The maximum absolute atomic E-state index is 13.1. The summed E-state index contributed by atoms with van der Waals surface area (Å²) < 4.78 is 13.1. The summed E-state index contributed by atoms with van der Waals surface area (Å²) in [6.07, 6.45) is 14.1. The van der Waals surface area contributed by atoms with Crippen molar-refractivity contribution in [1.29, 1.82) is 0 Å². The van der Waals surface area contributed by atoms with Crippen molar-refractivity contribution in [3.05, 3.63) is 35.6 Å². The zero-order valence-electron chi connectivity index (χ0n) is 15.6. The molecule has 0 heterocycles. The Labute approximate surface area is 148 Å². The first-order valence-electron chi connectivity index (χ1n) is 10.4. The van der Waals surface area contributed by atoms with E-state index in [0.717, 1.165) is 23.7 Å². The van der Waals surface area contributed by atoms with Crippen LogP contribution in [-0.4, -0.2) is 0 Å². The summed E-state index contributed by atoms with van der Waals surface area (Å²) in [5, 5.41) is 0. The molecule has 1 aromatic carbocycles. The van der Waals surface area contributed by atoms with Crippen LogP contribution < -0.4 is 0 Å². The fourth-order valence-electron chi connectivity index (χ4n) is 5.35. The van der Waals surface area contributed by atoms with Gasteiger partial charge in [0.05, 0.1) is 0 Å².